The molecule has 1 aromatic heterocycles. The van der Waals surface area contributed by atoms with Crippen molar-refractivity contribution in [1.29, 1.82) is 0 Å². The molecule has 3 nitrogen and oxygen atoms in total. The largest absolute Gasteiger partial charge is 0.477 e. The molecule has 0 aliphatic rings. The van der Waals surface area contributed by atoms with Crippen LogP contribution in [0.3, 0.4) is 0 Å². The van der Waals surface area contributed by atoms with Gasteiger partial charge in [0.2, 0.25) is 0 Å². The number of carboxylic acid groups (broad SMARTS) is 1. The van der Waals surface area contributed by atoms with E-state index in [0.29, 0.717) is 11.6 Å². The fourth-order valence-electron chi connectivity index (χ4n) is 0.877. The fraction of sp³-hybridized carbons (Fsp3) is 0.375. The number of aromatic carboxylic acids is 1. The fourth-order valence-corrected chi connectivity index (χ4v) is 1.80. The maximum atomic E-state index is 10.6. The van der Waals surface area contributed by atoms with Gasteiger partial charge in [-0.1, -0.05) is 13.8 Å². The normalized spacial score (nSPS) is 10.6. The summed E-state index contributed by atoms with van der Waals surface area (Å²) < 4.78 is 0. The van der Waals surface area contributed by atoms with Crippen molar-refractivity contribution in [3.63, 3.8) is 0 Å². The van der Waals surface area contributed by atoms with Crippen molar-refractivity contribution >= 4 is 23.0 Å². The second kappa shape index (κ2) is 3.15. The Kier molecular flexibility index (Phi) is 2.38. The lowest BCUT2D eigenvalue weighted by atomic mass is 10.2. The molecule has 0 unspecified atom stereocenters. The Bertz CT molecular complexity index is 304. The Balaban J connectivity index is 3.09. The topological polar surface area (TPSA) is 63.3 Å². The lowest BCUT2D eigenvalue weighted by molar-refractivity contribution is 0.0703. The van der Waals surface area contributed by atoms with Crippen LogP contribution in [0.4, 0.5) is 5.69 Å². The van der Waals surface area contributed by atoms with Gasteiger partial charge >= 0.3 is 5.97 Å². The smallest absolute Gasteiger partial charge is 0.348 e. The highest BCUT2D eigenvalue weighted by Crippen LogP contribution is 2.29. The summed E-state index contributed by atoms with van der Waals surface area (Å²) in [6.45, 7) is 4.02. The minimum atomic E-state index is -0.940. The van der Waals surface area contributed by atoms with Crippen LogP contribution in [0.5, 0.6) is 0 Å². The van der Waals surface area contributed by atoms with Gasteiger partial charge in [-0.15, -0.1) is 11.3 Å². The van der Waals surface area contributed by atoms with Crippen molar-refractivity contribution in [2.24, 2.45) is 0 Å². The number of carboxylic acids is 1. The number of hydrogen-bond acceptors (Lipinski definition) is 3. The number of anilines is 1. The first-order valence-electron chi connectivity index (χ1n) is 3.65. The van der Waals surface area contributed by atoms with Crippen molar-refractivity contribution < 1.29 is 9.90 Å². The molecule has 4 heteroatoms. The molecular formula is C8H11NO2S. The van der Waals surface area contributed by atoms with Crippen LogP contribution in [0.25, 0.3) is 0 Å². The van der Waals surface area contributed by atoms with E-state index in [1.54, 1.807) is 6.07 Å². The summed E-state index contributed by atoms with van der Waals surface area (Å²) in [5.41, 5.74) is 5.88. The highest BCUT2D eigenvalue weighted by Gasteiger charge is 2.14. The Morgan fingerprint density at radius 1 is 1.67 bits per heavy atom. The molecule has 0 aliphatic heterocycles. The van der Waals surface area contributed by atoms with E-state index < -0.39 is 5.97 Å². The van der Waals surface area contributed by atoms with Crippen molar-refractivity contribution in [3.05, 3.63) is 15.8 Å². The van der Waals surface area contributed by atoms with Crippen molar-refractivity contribution in [3.8, 4) is 0 Å². The molecule has 0 aliphatic carbocycles. The molecule has 0 saturated carbocycles. The third-order valence-electron chi connectivity index (χ3n) is 1.54. The summed E-state index contributed by atoms with van der Waals surface area (Å²) in [6.07, 6.45) is 0. The summed E-state index contributed by atoms with van der Waals surface area (Å²) in [6, 6.07) is 1.73. The van der Waals surface area contributed by atoms with E-state index >= 15 is 0 Å². The zero-order valence-corrected chi connectivity index (χ0v) is 7.81. The SMILES string of the molecule is CC(C)c1cc(N)c(C(=O)O)s1. The van der Waals surface area contributed by atoms with Crippen LogP contribution in [0.15, 0.2) is 6.07 Å². The summed E-state index contributed by atoms with van der Waals surface area (Å²) >= 11 is 1.25. The monoisotopic (exact) mass is 185 g/mol. The second-order valence-corrected chi connectivity index (χ2v) is 3.98. The molecule has 0 radical (unpaired) electrons. The van der Waals surface area contributed by atoms with Crippen LogP contribution in [-0.2, 0) is 0 Å². The van der Waals surface area contributed by atoms with E-state index in [0.717, 1.165) is 4.88 Å². The van der Waals surface area contributed by atoms with Crippen LogP contribution >= 0.6 is 11.3 Å². The molecule has 0 amide bonds. The minimum absolute atomic E-state index is 0.249. The molecule has 0 atom stereocenters. The van der Waals surface area contributed by atoms with E-state index in [-0.39, 0.29) is 4.88 Å². The van der Waals surface area contributed by atoms with Gasteiger partial charge < -0.3 is 10.8 Å². The first-order valence-corrected chi connectivity index (χ1v) is 4.46. The Labute approximate surface area is 74.8 Å². The molecule has 0 spiro atoms. The lowest BCUT2D eigenvalue weighted by Gasteiger charge is -1.96. The quantitative estimate of drug-likeness (QED) is 0.742. The Hall–Kier alpha value is -1.03. The highest BCUT2D eigenvalue weighted by atomic mass is 32.1. The molecule has 0 aromatic carbocycles. The molecule has 3 N–H and O–H groups in total. The van der Waals surface area contributed by atoms with E-state index in [4.69, 9.17) is 10.8 Å². The number of nitrogens with two attached hydrogens (primary N) is 1. The van der Waals surface area contributed by atoms with Crippen molar-refractivity contribution in [2.75, 3.05) is 5.73 Å². The molecule has 0 bridgehead atoms. The number of carbonyl (C=O) groups is 1. The maximum absolute atomic E-state index is 10.6. The van der Waals surface area contributed by atoms with Crippen molar-refractivity contribution in [1.82, 2.24) is 0 Å². The van der Waals surface area contributed by atoms with Gasteiger partial charge in [-0.05, 0) is 12.0 Å². The molecule has 0 fully saturated rings. The average Bonchev–Trinajstić information content (AvgIpc) is 2.30. The summed E-state index contributed by atoms with van der Waals surface area (Å²) in [5.74, 6) is -0.602. The van der Waals surface area contributed by atoms with Gasteiger partial charge in [0, 0.05) is 4.88 Å². The van der Waals surface area contributed by atoms with Gasteiger partial charge in [0.05, 0.1) is 5.69 Å². The average molecular weight is 185 g/mol. The van der Waals surface area contributed by atoms with Gasteiger partial charge in [-0.2, -0.15) is 0 Å². The van der Waals surface area contributed by atoms with Crippen LogP contribution in [0, 0.1) is 0 Å². The van der Waals surface area contributed by atoms with Crippen LogP contribution in [0.1, 0.15) is 34.3 Å². The van der Waals surface area contributed by atoms with Gasteiger partial charge in [-0.3, -0.25) is 0 Å². The zero-order chi connectivity index (χ0) is 9.30. The Morgan fingerprint density at radius 3 is 2.50 bits per heavy atom. The lowest BCUT2D eigenvalue weighted by Crippen LogP contribution is -1.96. The molecule has 12 heavy (non-hydrogen) atoms. The summed E-state index contributed by atoms with van der Waals surface area (Å²) in [4.78, 5) is 11.9. The maximum Gasteiger partial charge on any atom is 0.348 e. The minimum Gasteiger partial charge on any atom is -0.477 e. The van der Waals surface area contributed by atoms with Crippen LogP contribution in [-0.4, -0.2) is 11.1 Å². The molecule has 0 saturated heterocycles. The molecule has 1 rings (SSSR count). The predicted molar refractivity (Wildman–Crippen MR) is 49.8 cm³/mol. The third-order valence-corrected chi connectivity index (χ3v) is 2.98. The van der Waals surface area contributed by atoms with E-state index in [1.165, 1.54) is 11.3 Å². The predicted octanol–water partition coefficient (Wildman–Crippen LogP) is 2.15. The van der Waals surface area contributed by atoms with E-state index in [1.807, 2.05) is 13.8 Å². The zero-order valence-electron chi connectivity index (χ0n) is 7.00. The number of thiophene rings is 1. The van der Waals surface area contributed by atoms with E-state index in [9.17, 15) is 4.79 Å². The summed E-state index contributed by atoms with van der Waals surface area (Å²) in [5, 5.41) is 8.69. The molecule has 1 heterocycles. The van der Waals surface area contributed by atoms with Crippen molar-refractivity contribution in [2.45, 2.75) is 19.8 Å². The third kappa shape index (κ3) is 1.58. The van der Waals surface area contributed by atoms with Crippen LogP contribution < -0.4 is 5.73 Å². The number of rotatable bonds is 2. The van der Waals surface area contributed by atoms with Crippen LogP contribution in [0.2, 0.25) is 0 Å². The molecule has 1 aromatic rings. The standard InChI is InChI=1S/C8H11NO2S/c1-4(2)6-3-5(9)7(12-6)8(10)11/h3-4H,9H2,1-2H3,(H,10,11). The van der Waals surface area contributed by atoms with E-state index in [2.05, 4.69) is 0 Å². The number of hydrogen-bond donors (Lipinski definition) is 2. The molecular weight excluding hydrogens is 174 g/mol. The first-order chi connectivity index (χ1) is 5.52. The van der Waals surface area contributed by atoms with Gasteiger partial charge in [0.25, 0.3) is 0 Å². The Morgan fingerprint density at radius 2 is 2.25 bits per heavy atom. The second-order valence-electron chi connectivity index (χ2n) is 2.89. The number of nitrogen functional groups attached to an aromatic ring is 1. The first kappa shape index (κ1) is 9.06. The van der Waals surface area contributed by atoms with Gasteiger partial charge in [-0.25, -0.2) is 4.79 Å². The summed E-state index contributed by atoms with van der Waals surface area (Å²) in [7, 11) is 0. The highest BCUT2D eigenvalue weighted by molar-refractivity contribution is 7.14. The van der Waals surface area contributed by atoms with Gasteiger partial charge in [0.15, 0.2) is 0 Å². The molecule has 66 valence electrons. The van der Waals surface area contributed by atoms with Gasteiger partial charge in [0.1, 0.15) is 4.88 Å².